The Morgan fingerprint density at radius 2 is 1.93 bits per heavy atom. The van der Waals surface area contributed by atoms with E-state index in [1.54, 1.807) is 0 Å². The van der Waals surface area contributed by atoms with E-state index in [1.807, 2.05) is 5.32 Å². The summed E-state index contributed by atoms with van der Waals surface area (Å²) in [7, 11) is -1.87. The highest BCUT2D eigenvalue weighted by molar-refractivity contribution is 7.73. The van der Waals surface area contributed by atoms with E-state index in [0.717, 1.165) is 7.11 Å². The Morgan fingerprint density at radius 1 is 1.43 bits per heavy atom. The maximum atomic E-state index is 10.7. The molecule has 0 aliphatic carbocycles. The van der Waals surface area contributed by atoms with Crippen molar-refractivity contribution in [3.63, 3.8) is 0 Å². The molecule has 8 heteroatoms. The fourth-order valence-electron chi connectivity index (χ4n) is 0.696. The summed E-state index contributed by atoms with van der Waals surface area (Å²) >= 11 is 0. The Hall–Kier alpha value is -1.31. The van der Waals surface area contributed by atoms with Crippen molar-refractivity contribution in [3.8, 4) is 0 Å². The first-order chi connectivity index (χ1) is 6.40. The topological polar surface area (TPSA) is 110 Å². The highest BCUT2D eigenvalue weighted by Gasteiger charge is 2.28. The molecule has 0 aliphatic heterocycles. The zero-order valence-electron chi connectivity index (χ0n) is 7.59. The van der Waals surface area contributed by atoms with Crippen LogP contribution in [-0.4, -0.2) is 44.0 Å². The Kier molecular flexibility index (Phi) is 4.92. The van der Waals surface area contributed by atoms with Gasteiger partial charge in [0.1, 0.15) is 16.7 Å². The van der Waals surface area contributed by atoms with E-state index in [0.29, 0.717) is 0 Å². The third-order valence-corrected chi connectivity index (χ3v) is 2.50. The molecule has 0 aromatic carbocycles. The summed E-state index contributed by atoms with van der Waals surface area (Å²) < 4.78 is 25.1. The van der Waals surface area contributed by atoms with Crippen LogP contribution in [0.25, 0.3) is 0 Å². The molecule has 2 unspecified atom stereocenters. The van der Waals surface area contributed by atoms with Crippen molar-refractivity contribution >= 4 is 22.8 Å². The molecule has 14 heavy (non-hydrogen) atoms. The molecular weight excluding hydrogens is 214 g/mol. The summed E-state index contributed by atoms with van der Waals surface area (Å²) in [6, 6.07) is -1.50. The number of carboxylic acid groups (broad SMARTS) is 1. The van der Waals surface area contributed by atoms with Crippen molar-refractivity contribution in [3.05, 3.63) is 0 Å². The Bertz CT molecular complexity index is 291. The summed E-state index contributed by atoms with van der Waals surface area (Å²) in [5.74, 6) is -1.43. The molecule has 0 aliphatic rings. The molecule has 0 radical (unpaired) electrons. The average Bonchev–Trinajstić information content (AvgIpc) is 2.11. The largest absolute Gasteiger partial charge is 0.480 e. The molecule has 0 saturated carbocycles. The van der Waals surface area contributed by atoms with Gasteiger partial charge in [-0.3, -0.25) is 0 Å². The zero-order chi connectivity index (χ0) is 11.3. The number of carboxylic acids is 1. The first kappa shape index (κ1) is 12.7. The first-order valence-corrected chi connectivity index (χ1v) is 4.85. The van der Waals surface area contributed by atoms with Crippen LogP contribution in [0.2, 0.25) is 0 Å². The smallest absolute Gasteiger partial charge is 0.407 e. The number of ether oxygens (including phenoxy) is 1. The molecule has 0 saturated heterocycles. The molecule has 0 heterocycles. The van der Waals surface area contributed by atoms with Crippen molar-refractivity contribution in [2.75, 3.05) is 7.11 Å². The highest BCUT2D eigenvalue weighted by atomic mass is 32.2. The Labute approximate surface area is 82.0 Å². The Morgan fingerprint density at radius 3 is 2.21 bits per heavy atom. The molecule has 0 bridgehead atoms. The van der Waals surface area contributed by atoms with Gasteiger partial charge in [0.15, 0.2) is 0 Å². The van der Waals surface area contributed by atoms with Crippen molar-refractivity contribution in [2.45, 2.75) is 18.2 Å². The van der Waals surface area contributed by atoms with Crippen LogP contribution < -0.4 is 5.32 Å². The maximum Gasteiger partial charge on any atom is 0.407 e. The minimum absolute atomic E-state index is 0.985. The second-order valence-corrected chi connectivity index (χ2v) is 3.86. The fourth-order valence-corrected chi connectivity index (χ4v) is 1.14. The number of nitrogens with one attached hydrogen (secondary N) is 1. The van der Waals surface area contributed by atoms with E-state index in [1.165, 1.54) is 6.92 Å². The van der Waals surface area contributed by atoms with Crippen LogP contribution in [-0.2, 0) is 20.2 Å². The summed E-state index contributed by atoms with van der Waals surface area (Å²) in [6.07, 6.45) is -0.985. The van der Waals surface area contributed by atoms with E-state index in [9.17, 15) is 18.0 Å². The van der Waals surface area contributed by atoms with Gasteiger partial charge in [-0.05, 0) is 6.92 Å². The van der Waals surface area contributed by atoms with Gasteiger partial charge in [0.25, 0.3) is 0 Å². The lowest BCUT2D eigenvalue weighted by Crippen LogP contribution is -2.48. The number of alkyl carbamates (subject to hydrolysis) is 1. The van der Waals surface area contributed by atoms with Crippen molar-refractivity contribution in [1.29, 1.82) is 0 Å². The van der Waals surface area contributed by atoms with E-state index < -0.39 is 34.1 Å². The predicted molar refractivity (Wildman–Crippen MR) is 46.7 cm³/mol. The lowest BCUT2D eigenvalue weighted by molar-refractivity contribution is -0.139. The molecule has 0 spiro atoms. The van der Waals surface area contributed by atoms with E-state index in [4.69, 9.17) is 5.11 Å². The molecule has 0 aromatic heterocycles. The third-order valence-electron chi connectivity index (χ3n) is 1.54. The van der Waals surface area contributed by atoms with Gasteiger partial charge in [-0.2, -0.15) is 0 Å². The number of aliphatic carboxylic acids is 1. The van der Waals surface area contributed by atoms with Gasteiger partial charge in [0, 0.05) is 0 Å². The molecule has 7 nitrogen and oxygen atoms in total. The predicted octanol–water partition coefficient (Wildman–Crippen LogP) is -1.20. The SMILES string of the molecule is COC(=O)NC(C(=O)O)C(C)[SH](=O)=O. The molecule has 2 N–H and O–H groups in total. The zero-order valence-corrected chi connectivity index (χ0v) is 8.48. The van der Waals surface area contributed by atoms with Gasteiger partial charge in [0.05, 0.1) is 12.4 Å². The summed E-state index contributed by atoms with van der Waals surface area (Å²) in [5.41, 5.74) is 0. The number of methoxy groups -OCH3 is 1. The number of carbonyl (C=O) groups excluding carboxylic acids is 1. The van der Waals surface area contributed by atoms with Crippen LogP contribution in [0.1, 0.15) is 6.92 Å². The molecule has 0 rings (SSSR count). The summed E-state index contributed by atoms with van der Waals surface area (Å²) in [5, 5.41) is 9.31. The van der Waals surface area contributed by atoms with Gasteiger partial charge in [0.2, 0.25) is 0 Å². The number of hydrogen-bond donors (Lipinski definition) is 3. The summed E-state index contributed by atoms with van der Waals surface area (Å²) in [4.78, 5) is 21.2. The molecule has 0 fully saturated rings. The Balaban J connectivity index is 4.60. The van der Waals surface area contributed by atoms with Crippen LogP contribution >= 0.6 is 0 Å². The maximum absolute atomic E-state index is 10.7. The standard InChI is InChI=1S/C6H11NO6S/c1-3(14(11)12)4(5(8)9)7-6(10)13-2/h3-4,14H,1-2H3,(H,7,10)(H,8,9). The second kappa shape index (κ2) is 5.43. The van der Waals surface area contributed by atoms with Crippen molar-refractivity contribution in [2.24, 2.45) is 0 Å². The van der Waals surface area contributed by atoms with Gasteiger partial charge >= 0.3 is 12.1 Å². The summed E-state index contributed by atoms with van der Waals surface area (Å²) in [6.45, 7) is 1.18. The van der Waals surface area contributed by atoms with Crippen LogP contribution in [0.15, 0.2) is 0 Å². The third kappa shape index (κ3) is 3.60. The average molecular weight is 225 g/mol. The van der Waals surface area contributed by atoms with Crippen LogP contribution in [0, 0.1) is 0 Å². The molecule has 0 aromatic rings. The lowest BCUT2D eigenvalue weighted by atomic mass is 10.2. The number of amides is 1. The van der Waals surface area contributed by atoms with Crippen LogP contribution in [0.3, 0.4) is 0 Å². The molecule has 82 valence electrons. The molecule has 2 atom stereocenters. The van der Waals surface area contributed by atoms with Crippen LogP contribution in [0.4, 0.5) is 4.79 Å². The second-order valence-electron chi connectivity index (χ2n) is 2.48. The van der Waals surface area contributed by atoms with Crippen molar-refractivity contribution in [1.82, 2.24) is 5.32 Å². The van der Waals surface area contributed by atoms with Gasteiger partial charge in [-0.25, -0.2) is 18.0 Å². The minimum atomic E-state index is -2.92. The quantitative estimate of drug-likeness (QED) is 0.518. The first-order valence-electron chi connectivity index (χ1n) is 3.61. The molecular formula is C6H11NO6S. The normalized spacial score (nSPS) is 14.5. The van der Waals surface area contributed by atoms with Gasteiger partial charge in [-0.15, -0.1) is 0 Å². The lowest BCUT2D eigenvalue weighted by Gasteiger charge is -2.15. The number of hydrogen-bond acceptors (Lipinski definition) is 5. The number of thiol groups is 1. The monoisotopic (exact) mass is 225 g/mol. The van der Waals surface area contributed by atoms with E-state index >= 15 is 0 Å². The van der Waals surface area contributed by atoms with E-state index in [2.05, 4.69) is 4.74 Å². The van der Waals surface area contributed by atoms with Crippen LogP contribution in [0.5, 0.6) is 0 Å². The minimum Gasteiger partial charge on any atom is -0.480 e. The molecule has 1 amide bonds. The number of rotatable bonds is 4. The highest BCUT2D eigenvalue weighted by Crippen LogP contribution is 1.98. The van der Waals surface area contributed by atoms with Gasteiger partial charge < -0.3 is 15.2 Å². The van der Waals surface area contributed by atoms with E-state index in [-0.39, 0.29) is 0 Å². The number of carbonyl (C=O) groups is 2. The van der Waals surface area contributed by atoms with Gasteiger partial charge in [-0.1, -0.05) is 0 Å². The fraction of sp³-hybridized carbons (Fsp3) is 0.667. The van der Waals surface area contributed by atoms with Crippen molar-refractivity contribution < 1.29 is 27.9 Å².